The monoisotopic (exact) mass is 342 g/mol. The molecule has 0 radical (unpaired) electrons. The van der Waals surface area contributed by atoms with E-state index in [2.05, 4.69) is 20.5 Å². The molecule has 0 aliphatic rings. The molecule has 1 atom stereocenters. The molecule has 0 fully saturated rings. The Labute approximate surface area is 136 Å². The molecule has 0 saturated carbocycles. The number of rotatable bonds is 7. The SMILES string of the molecule is COCC(C)NC(=O)CSc1nnc(-c2sc(C)nc2C)o1. The molecule has 2 heterocycles. The molecule has 0 aromatic carbocycles. The van der Waals surface area contributed by atoms with Gasteiger partial charge in [-0.25, -0.2) is 4.98 Å². The van der Waals surface area contributed by atoms with Crippen LogP contribution in [-0.4, -0.2) is 46.6 Å². The van der Waals surface area contributed by atoms with Crippen LogP contribution in [0.15, 0.2) is 9.64 Å². The van der Waals surface area contributed by atoms with Crippen molar-refractivity contribution in [3.8, 4) is 10.8 Å². The molecule has 9 heteroatoms. The molecular formula is C13H18N4O3S2. The van der Waals surface area contributed by atoms with Crippen LogP contribution in [0.4, 0.5) is 0 Å². The van der Waals surface area contributed by atoms with Crippen LogP contribution in [0.1, 0.15) is 17.6 Å². The number of carbonyl (C=O) groups excluding carboxylic acids is 1. The van der Waals surface area contributed by atoms with Gasteiger partial charge in [0, 0.05) is 13.2 Å². The minimum atomic E-state index is -0.0980. The Balaban J connectivity index is 1.90. The van der Waals surface area contributed by atoms with E-state index in [1.54, 1.807) is 7.11 Å². The van der Waals surface area contributed by atoms with Crippen molar-refractivity contribution in [3.63, 3.8) is 0 Å². The lowest BCUT2D eigenvalue weighted by Crippen LogP contribution is -2.36. The third-order valence-electron chi connectivity index (χ3n) is 2.66. The molecule has 7 nitrogen and oxygen atoms in total. The van der Waals surface area contributed by atoms with E-state index in [-0.39, 0.29) is 17.7 Å². The summed E-state index contributed by atoms with van der Waals surface area (Å²) in [5.41, 5.74) is 0.869. The fraction of sp³-hybridized carbons (Fsp3) is 0.538. The van der Waals surface area contributed by atoms with Crippen LogP contribution in [-0.2, 0) is 9.53 Å². The van der Waals surface area contributed by atoms with Crippen LogP contribution in [0.2, 0.25) is 0 Å². The molecular weight excluding hydrogens is 324 g/mol. The minimum absolute atomic E-state index is 0.0286. The third kappa shape index (κ3) is 4.52. The Bertz CT molecular complexity index is 641. The summed E-state index contributed by atoms with van der Waals surface area (Å²) in [6, 6.07) is -0.0286. The zero-order valence-corrected chi connectivity index (χ0v) is 14.5. The first-order valence-electron chi connectivity index (χ1n) is 6.68. The number of hydrogen-bond acceptors (Lipinski definition) is 8. The van der Waals surface area contributed by atoms with Gasteiger partial charge in [-0.15, -0.1) is 21.5 Å². The largest absolute Gasteiger partial charge is 0.410 e. The Kier molecular flexibility index (Phi) is 5.92. The first kappa shape index (κ1) is 16.9. The lowest BCUT2D eigenvalue weighted by Gasteiger charge is -2.11. The number of methoxy groups -OCH3 is 1. The number of aryl methyl sites for hydroxylation is 2. The zero-order chi connectivity index (χ0) is 16.1. The predicted molar refractivity (Wildman–Crippen MR) is 85.1 cm³/mol. The standard InChI is InChI=1S/C13H18N4O3S2/c1-7(5-19-4)14-10(18)6-21-13-17-16-12(20-13)11-8(2)15-9(3)22-11/h7H,5-6H2,1-4H3,(H,14,18). The highest BCUT2D eigenvalue weighted by Gasteiger charge is 2.16. The van der Waals surface area contributed by atoms with Crippen LogP contribution in [0, 0.1) is 13.8 Å². The number of thioether (sulfide) groups is 1. The van der Waals surface area contributed by atoms with Gasteiger partial charge < -0.3 is 14.5 Å². The van der Waals surface area contributed by atoms with E-state index >= 15 is 0 Å². The molecule has 1 amide bonds. The number of amides is 1. The van der Waals surface area contributed by atoms with Crippen LogP contribution in [0.5, 0.6) is 0 Å². The van der Waals surface area contributed by atoms with Gasteiger partial charge in [-0.05, 0) is 20.8 Å². The Morgan fingerprint density at radius 1 is 1.45 bits per heavy atom. The number of hydrogen-bond donors (Lipinski definition) is 1. The summed E-state index contributed by atoms with van der Waals surface area (Å²) in [4.78, 5) is 16.9. The summed E-state index contributed by atoms with van der Waals surface area (Å²) in [5.74, 6) is 0.564. The van der Waals surface area contributed by atoms with Gasteiger partial charge in [0.15, 0.2) is 0 Å². The molecule has 120 valence electrons. The fourth-order valence-corrected chi connectivity index (χ4v) is 3.24. The summed E-state index contributed by atoms with van der Waals surface area (Å²) < 4.78 is 10.5. The Morgan fingerprint density at radius 3 is 2.86 bits per heavy atom. The van der Waals surface area contributed by atoms with Crippen molar-refractivity contribution in [1.82, 2.24) is 20.5 Å². The first-order valence-corrected chi connectivity index (χ1v) is 8.48. The van der Waals surface area contributed by atoms with Crippen molar-refractivity contribution in [2.45, 2.75) is 32.0 Å². The van der Waals surface area contributed by atoms with Gasteiger partial charge in [-0.1, -0.05) is 11.8 Å². The van der Waals surface area contributed by atoms with Gasteiger partial charge in [-0.2, -0.15) is 0 Å². The number of nitrogens with zero attached hydrogens (tertiary/aromatic N) is 3. The van der Waals surface area contributed by atoms with Gasteiger partial charge in [0.05, 0.1) is 23.1 Å². The van der Waals surface area contributed by atoms with Crippen molar-refractivity contribution in [2.75, 3.05) is 19.5 Å². The lowest BCUT2D eigenvalue weighted by molar-refractivity contribution is -0.119. The van der Waals surface area contributed by atoms with Crippen LogP contribution >= 0.6 is 23.1 Å². The zero-order valence-electron chi connectivity index (χ0n) is 12.9. The highest BCUT2D eigenvalue weighted by atomic mass is 32.2. The lowest BCUT2D eigenvalue weighted by atomic mass is 10.3. The Hall–Kier alpha value is -1.45. The maximum Gasteiger partial charge on any atom is 0.277 e. The van der Waals surface area contributed by atoms with E-state index in [9.17, 15) is 4.79 Å². The summed E-state index contributed by atoms with van der Waals surface area (Å²) >= 11 is 2.72. The second-order valence-electron chi connectivity index (χ2n) is 4.73. The van der Waals surface area contributed by atoms with Crippen LogP contribution in [0.25, 0.3) is 10.8 Å². The summed E-state index contributed by atoms with van der Waals surface area (Å²) in [5, 5.41) is 12.1. The molecule has 1 unspecified atom stereocenters. The van der Waals surface area contributed by atoms with E-state index in [0.717, 1.165) is 15.6 Å². The van der Waals surface area contributed by atoms with Crippen LogP contribution in [0.3, 0.4) is 0 Å². The summed E-state index contributed by atoms with van der Waals surface area (Å²) in [7, 11) is 1.60. The molecule has 2 aromatic heterocycles. The topological polar surface area (TPSA) is 90.1 Å². The van der Waals surface area contributed by atoms with Gasteiger partial charge >= 0.3 is 0 Å². The average molecular weight is 342 g/mol. The number of nitrogens with one attached hydrogen (secondary N) is 1. The summed E-state index contributed by atoms with van der Waals surface area (Å²) in [6.07, 6.45) is 0. The van der Waals surface area contributed by atoms with Gasteiger partial charge in [0.25, 0.3) is 11.1 Å². The number of ether oxygens (including phenoxy) is 1. The van der Waals surface area contributed by atoms with Gasteiger partial charge in [0.1, 0.15) is 4.88 Å². The molecule has 2 aromatic rings. The summed E-state index contributed by atoms with van der Waals surface area (Å²) in [6.45, 7) is 6.19. The van der Waals surface area contributed by atoms with Gasteiger partial charge in [0.2, 0.25) is 5.91 Å². The van der Waals surface area contributed by atoms with Crippen LogP contribution < -0.4 is 5.32 Å². The maximum atomic E-state index is 11.8. The van der Waals surface area contributed by atoms with Crippen molar-refractivity contribution in [1.29, 1.82) is 0 Å². The average Bonchev–Trinajstić information content (AvgIpc) is 3.03. The third-order valence-corrected chi connectivity index (χ3v) is 4.53. The molecule has 0 spiro atoms. The molecule has 22 heavy (non-hydrogen) atoms. The quantitative estimate of drug-likeness (QED) is 0.770. The smallest absolute Gasteiger partial charge is 0.277 e. The molecule has 1 N–H and O–H groups in total. The highest BCUT2D eigenvalue weighted by Crippen LogP contribution is 2.30. The van der Waals surface area contributed by atoms with E-state index in [1.807, 2.05) is 20.8 Å². The Morgan fingerprint density at radius 2 is 2.23 bits per heavy atom. The molecule has 0 saturated heterocycles. The second kappa shape index (κ2) is 7.70. The first-order chi connectivity index (χ1) is 10.5. The minimum Gasteiger partial charge on any atom is -0.410 e. The number of carbonyl (C=O) groups is 1. The number of thiazole rings is 1. The predicted octanol–water partition coefficient (Wildman–Crippen LogP) is 2.05. The molecule has 0 aliphatic heterocycles. The molecule has 0 bridgehead atoms. The normalized spacial score (nSPS) is 12.4. The van der Waals surface area contributed by atoms with Crippen molar-refractivity contribution >= 4 is 29.0 Å². The maximum absolute atomic E-state index is 11.8. The molecule has 2 rings (SSSR count). The highest BCUT2D eigenvalue weighted by molar-refractivity contribution is 7.99. The number of aromatic nitrogens is 3. The molecule has 0 aliphatic carbocycles. The van der Waals surface area contributed by atoms with Gasteiger partial charge in [-0.3, -0.25) is 4.79 Å². The van der Waals surface area contributed by atoms with Crippen molar-refractivity contribution < 1.29 is 13.9 Å². The van der Waals surface area contributed by atoms with E-state index in [0.29, 0.717) is 17.7 Å². The van der Waals surface area contributed by atoms with Crippen molar-refractivity contribution in [3.05, 3.63) is 10.7 Å². The second-order valence-corrected chi connectivity index (χ2v) is 6.86. The fourth-order valence-electron chi connectivity index (χ4n) is 1.83. The van der Waals surface area contributed by atoms with Crippen molar-refractivity contribution in [2.24, 2.45) is 0 Å². The van der Waals surface area contributed by atoms with E-state index < -0.39 is 0 Å². The van der Waals surface area contributed by atoms with E-state index in [4.69, 9.17) is 9.15 Å². The van der Waals surface area contributed by atoms with E-state index in [1.165, 1.54) is 23.1 Å².